The molecule has 0 bridgehead atoms. The van der Waals surface area contributed by atoms with E-state index in [2.05, 4.69) is 10.3 Å². The number of hydrogen-bond donors (Lipinski definition) is 1. The molecule has 1 fully saturated rings. The van der Waals surface area contributed by atoms with E-state index in [1.165, 1.54) is 25.0 Å². The number of aryl methyl sites for hydroxylation is 1. The summed E-state index contributed by atoms with van der Waals surface area (Å²) in [5.41, 5.74) is 2.94. The molecule has 4 rings (SSSR count). The third kappa shape index (κ3) is 3.02. The molecule has 1 amide bonds. The summed E-state index contributed by atoms with van der Waals surface area (Å²) in [4.78, 5) is 17.0. The Hall–Kier alpha value is -2.69. The minimum absolute atomic E-state index is 0.0493. The van der Waals surface area contributed by atoms with E-state index in [9.17, 15) is 9.18 Å². The molecule has 0 aliphatic heterocycles. The van der Waals surface area contributed by atoms with E-state index < -0.39 is 0 Å². The fraction of sp³-hybridized carbons (Fsp3) is 0.300. The molecule has 0 unspecified atom stereocenters. The molecule has 0 atom stereocenters. The van der Waals surface area contributed by atoms with Crippen molar-refractivity contribution in [3.63, 3.8) is 0 Å². The smallest absolute Gasteiger partial charge is 0.251 e. The first-order valence-corrected chi connectivity index (χ1v) is 8.68. The largest absolute Gasteiger partial charge is 0.349 e. The van der Waals surface area contributed by atoms with Crippen molar-refractivity contribution in [2.24, 2.45) is 0 Å². The first-order valence-electron chi connectivity index (χ1n) is 8.68. The van der Waals surface area contributed by atoms with Crippen LogP contribution in [-0.2, 0) is 0 Å². The van der Waals surface area contributed by atoms with Crippen LogP contribution >= 0.6 is 0 Å². The van der Waals surface area contributed by atoms with E-state index in [-0.39, 0.29) is 17.8 Å². The van der Waals surface area contributed by atoms with Crippen molar-refractivity contribution in [3.05, 3.63) is 59.7 Å². The summed E-state index contributed by atoms with van der Waals surface area (Å²) in [6.07, 6.45) is 4.48. The minimum atomic E-state index is -0.286. The number of nitrogens with zero attached hydrogens (tertiary/aromatic N) is 2. The molecule has 1 aliphatic rings. The number of hydrogen-bond acceptors (Lipinski definition) is 2. The molecule has 1 saturated carbocycles. The standard InChI is InChI=1S/C20H20FN3O/c1-13-22-18-11-14(20(25)23-16-6-2-3-7-16)9-10-19(18)24(13)17-8-4-5-15(21)12-17/h4-5,8-12,16H,2-3,6-7H2,1H3,(H,23,25). The summed E-state index contributed by atoms with van der Waals surface area (Å²) >= 11 is 0. The van der Waals surface area contributed by atoms with Crippen molar-refractivity contribution < 1.29 is 9.18 Å². The Morgan fingerprint density at radius 3 is 2.76 bits per heavy atom. The van der Waals surface area contributed by atoms with Gasteiger partial charge in [-0.2, -0.15) is 0 Å². The summed E-state index contributed by atoms with van der Waals surface area (Å²) < 4.78 is 15.5. The maximum atomic E-state index is 13.6. The average Bonchev–Trinajstić information content (AvgIpc) is 3.20. The molecule has 1 heterocycles. The van der Waals surface area contributed by atoms with Crippen LogP contribution in [0.2, 0.25) is 0 Å². The number of carbonyl (C=O) groups excluding carboxylic acids is 1. The van der Waals surface area contributed by atoms with Crippen LogP contribution in [-0.4, -0.2) is 21.5 Å². The lowest BCUT2D eigenvalue weighted by atomic mass is 10.1. The number of halogens is 1. The first-order chi connectivity index (χ1) is 12.1. The zero-order valence-electron chi connectivity index (χ0n) is 14.1. The van der Waals surface area contributed by atoms with Crippen molar-refractivity contribution in [1.29, 1.82) is 0 Å². The van der Waals surface area contributed by atoms with E-state index >= 15 is 0 Å². The Kier molecular flexibility index (Phi) is 3.99. The number of benzene rings is 2. The second-order valence-corrected chi connectivity index (χ2v) is 6.63. The number of fused-ring (bicyclic) bond motifs is 1. The van der Waals surface area contributed by atoms with Gasteiger partial charge in [-0.1, -0.05) is 18.9 Å². The Morgan fingerprint density at radius 2 is 2.00 bits per heavy atom. The summed E-state index contributed by atoms with van der Waals surface area (Å²) in [5, 5.41) is 3.10. The van der Waals surface area contributed by atoms with Crippen LogP contribution in [0, 0.1) is 12.7 Å². The van der Waals surface area contributed by atoms with Gasteiger partial charge in [0.2, 0.25) is 0 Å². The van der Waals surface area contributed by atoms with Gasteiger partial charge in [-0.05, 0) is 56.2 Å². The number of nitrogens with one attached hydrogen (secondary N) is 1. The van der Waals surface area contributed by atoms with Gasteiger partial charge < -0.3 is 5.32 Å². The van der Waals surface area contributed by atoms with Gasteiger partial charge in [-0.3, -0.25) is 9.36 Å². The lowest BCUT2D eigenvalue weighted by Gasteiger charge is -2.12. The van der Waals surface area contributed by atoms with Crippen LogP contribution in [0.3, 0.4) is 0 Å². The second kappa shape index (κ2) is 6.31. The molecule has 1 N–H and O–H groups in total. The fourth-order valence-electron chi connectivity index (χ4n) is 3.62. The normalized spacial score (nSPS) is 15.0. The number of imidazole rings is 1. The van der Waals surface area contributed by atoms with Crippen LogP contribution in [0.15, 0.2) is 42.5 Å². The first kappa shape index (κ1) is 15.8. The zero-order chi connectivity index (χ0) is 17.4. The van der Waals surface area contributed by atoms with Gasteiger partial charge in [-0.25, -0.2) is 9.37 Å². The molecule has 2 aromatic carbocycles. The van der Waals surface area contributed by atoms with Gasteiger partial charge in [0.15, 0.2) is 0 Å². The summed E-state index contributed by atoms with van der Waals surface area (Å²) in [6.45, 7) is 1.88. The van der Waals surface area contributed by atoms with Gasteiger partial charge in [0.1, 0.15) is 11.6 Å². The van der Waals surface area contributed by atoms with Gasteiger partial charge in [-0.15, -0.1) is 0 Å². The van der Waals surface area contributed by atoms with E-state index in [4.69, 9.17) is 0 Å². The number of carbonyl (C=O) groups is 1. The van der Waals surface area contributed by atoms with Crippen molar-refractivity contribution >= 4 is 16.9 Å². The number of amides is 1. The van der Waals surface area contributed by atoms with Crippen molar-refractivity contribution in [3.8, 4) is 5.69 Å². The monoisotopic (exact) mass is 337 g/mol. The van der Waals surface area contributed by atoms with Crippen molar-refractivity contribution in [2.45, 2.75) is 38.6 Å². The third-order valence-corrected chi connectivity index (χ3v) is 4.84. The average molecular weight is 337 g/mol. The molecule has 1 aliphatic carbocycles. The fourth-order valence-corrected chi connectivity index (χ4v) is 3.62. The lowest BCUT2D eigenvalue weighted by molar-refractivity contribution is 0.0938. The Labute approximate surface area is 145 Å². The number of rotatable bonds is 3. The summed E-state index contributed by atoms with van der Waals surface area (Å²) in [7, 11) is 0. The quantitative estimate of drug-likeness (QED) is 0.780. The molecule has 4 nitrogen and oxygen atoms in total. The minimum Gasteiger partial charge on any atom is -0.349 e. The highest BCUT2D eigenvalue weighted by Gasteiger charge is 2.19. The highest BCUT2D eigenvalue weighted by molar-refractivity contribution is 5.97. The molecule has 0 radical (unpaired) electrons. The van der Waals surface area contributed by atoms with Gasteiger partial charge in [0.25, 0.3) is 5.91 Å². The predicted octanol–water partition coefficient (Wildman–Crippen LogP) is 4.15. The van der Waals surface area contributed by atoms with Crippen LogP contribution in [0.5, 0.6) is 0 Å². The topological polar surface area (TPSA) is 46.9 Å². The maximum absolute atomic E-state index is 13.6. The Balaban J connectivity index is 1.69. The van der Waals surface area contributed by atoms with Crippen LogP contribution in [0.4, 0.5) is 4.39 Å². The van der Waals surface area contributed by atoms with Crippen LogP contribution in [0.1, 0.15) is 41.9 Å². The highest BCUT2D eigenvalue weighted by atomic mass is 19.1. The Bertz CT molecular complexity index is 941. The molecule has 25 heavy (non-hydrogen) atoms. The SMILES string of the molecule is Cc1nc2cc(C(=O)NC3CCCC3)ccc2n1-c1cccc(F)c1. The molecule has 1 aromatic heterocycles. The van der Waals surface area contributed by atoms with E-state index in [0.717, 1.165) is 35.4 Å². The van der Waals surface area contributed by atoms with E-state index in [1.807, 2.05) is 35.8 Å². The van der Waals surface area contributed by atoms with Gasteiger partial charge >= 0.3 is 0 Å². The zero-order valence-corrected chi connectivity index (χ0v) is 14.1. The van der Waals surface area contributed by atoms with Crippen molar-refractivity contribution in [2.75, 3.05) is 0 Å². The van der Waals surface area contributed by atoms with E-state index in [1.54, 1.807) is 6.07 Å². The molecule has 0 spiro atoms. The van der Waals surface area contributed by atoms with Gasteiger partial charge in [0.05, 0.1) is 16.7 Å². The summed E-state index contributed by atoms with van der Waals surface area (Å²) in [6, 6.07) is 12.2. The molecule has 5 heteroatoms. The van der Waals surface area contributed by atoms with E-state index in [0.29, 0.717) is 5.56 Å². The molecular formula is C20H20FN3O. The van der Waals surface area contributed by atoms with Gasteiger partial charge in [0, 0.05) is 11.6 Å². The maximum Gasteiger partial charge on any atom is 0.251 e. The third-order valence-electron chi connectivity index (χ3n) is 4.84. The van der Waals surface area contributed by atoms with Crippen LogP contribution < -0.4 is 5.32 Å². The predicted molar refractivity (Wildman–Crippen MR) is 95.5 cm³/mol. The molecule has 0 saturated heterocycles. The Morgan fingerprint density at radius 1 is 1.20 bits per heavy atom. The molecule has 128 valence electrons. The molecule has 3 aromatic rings. The van der Waals surface area contributed by atoms with Crippen molar-refractivity contribution in [1.82, 2.24) is 14.9 Å². The summed E-state index contributed by atoms with van der Waals surface area (Å²) in [5.74, 6) is 0.423. The molecular weight excluding hydrogens is 317 g/mol. The van der Waals surface area contributed by atoms with Crippen LogP contribution in [0.25, 0.3) is 16.7 Å². The lowest BCUT2D eigenvalue weighted by Crippen LogP contribution is -2.32. The number of aromatic nitrogens is 2. The second-order valence-electron chi connectivity index (χ2n) is 6.63. The highest BCUT2D eigenvalue weighted by Crippen LogP contribution is 2.23.